The van der Waals surface area contributed by atoms with Crippen LogP contribution in [0.4, 0.5) is 4.39 Å². The average molecular weight is 345 g/mol. The van der Waals surface area contributed by atoms with Crippen LogP contribution in [-0.2, 0) is 11.3 Å². The van der Waals surface area contributed by atoms with Crippen molar-refractivity contribution in [2.45, 2.75) is 19.4 Å². The topological polar surface area (TPSA) is 29.9 Å². The van der Waals surface area contributed by atoms with E-state index in [-0.39, 0.29) is 5.82 Å². The minimum atomic E-state index is -0.291. The summed E-state index contributed by atoms with van der Waals surface area (Å²) in [6, 6.07) is 3.20. The monoisotopic (exact) mass is 344 g/mol. The van der Waals surface area contributed by atoms with Gasteiger partial charge in [0.15, 0.2) is 4.77 Å². The SMILES string of the molecule is Fc1cc2[nH]c(=S)n(CCOCC3CC3)c2cc1Br. The zero-order valence-corrected chi connectivity index (χ0v) is 12.7. The van der Waals surface area contributed by atoms with Gasteiger partial charge in [0.1, 0.15) is 5.82 Å². The molecule has 0 radical (unpaired) electrons. The van der Waals surface area contributed by atoms with E-state index in [9.17, 15) is 4.39 Å². The van der Waals surface area contributed by atoms with Crippen LogP contribution in [-0.4, -0.2) is 22.8 Å². The number of ether oxygens (including phenoxy) is 1. The van der Waals surface area contributed by atoms with Crippen LogP contribution in [0.25, 0.3) is 11.0 Å². The van der Waals surface area contributed by atoms with Crippen molar-refractivity contribution >= 4 is 39.2 Å². The first-order valence-electron chi connectivity index (χ1n) is 6.30. The molecule has 1 aliphatic carbocycles. The Hall–Kier alpha value is -0.720. The van der Waals surface area contributed by atoms with Crippen molar-refractivity contribution in [1.29, 1.82) is 0 Å². The van der Waals surface area contributed by atoms with E-state index >= 15 is 0 Å². The molecule has 0 bridgehead atoms. The Morgan fingerprint density at radius 3 is 3.00 bits per heavy atom. The summed E-state index contributed by atoms with van der Waals surface area (Å²) in [6.45, 7) is 2.16. The minimum Gasteiger partial charge on any atom is -0.379 e. The molecule has 0 amide bonds. The highest BCUT2D eigenvalue weighted by molar-refractivity contribution is 9.10. The number of nitrogens with one attached hydrogen (secondary N) is 1. The first-order chi connectivity index (χ1) is 9.15. The second-order valence-corrected chi connectivity index (χ2v) is 6.12. The molecule has 0 atom stereocenters. The molecule has 0 unspecified atom stereocenters. The third kappa shape index (κ3) is 2.90. The lowest BCUT2D eigenvalue weighted by atomic mass is 10.3. The van der Waals surface area contributed by atoms with E-state index in [2.05, 4.69) is 20.9 Å². The maximum absolute atomic E-state index is 13.5. The lowest BCUT2D eigenvalue weighted by molar-refractivity contribution is 0.117. The van der Waals surface area contributed by atoms with E-state index in [4.69, 9.17) is 17.0 Å². The maximum atomic E-state index is 13.5. The van der Waals surface area contributed by atoms with Crippen LogP contribution in [0.1, 0.15) is 12.8 Å². The zero-order valence-electron chi connectivity index (χ0n) is 10.3. The number of benzene rings is 1. The second kappa shape index (κ2) is 5.34. The van der Waals surface area contributed by atoms with Gasteiger partial charge in [-0.1, -0.05) is 0 Å². The van der Waals surface area contributed by atoms with Crippen molar-refractivity contribution in [3.05, 3.63) is 27.2 Å². The Labute approximate surface area is 123 Å². The largest absolute Gasteiger partial charge is 0.379 e. The van der Waals surface area contributed by atoms with Gasteiger partial charge in [-0.3, -0.25) is 0 Å². The molecule has 6 heteroatoms. The van der Waals surface area contributed by atoms with E-state index in [1.807, 2.05) is 4.57 Å². The molecule has 0 saturated heterocycles. The van der Waals surface area contributed by atoms with Crippen molar-refractivity contribution in [3.8, 4) is 0 Å². The summed E-state index contributed by atoms with van der Waals surface area (Å²) in [5.41, 5.74) is 1.61. The van der Waals surface area contributed by atoms with Gasteiger partial charge in [0, 0.05) is 19.2 Å². The molecule has 19 heavy (non-hydrogen) atoms. The van der Waals surface area contributed by atoms with Gasteiger partial charge in [-0.25, -0.2) is 4.39 Å². The molecule has 3 rings (SSSR count). The first-order valence-corrected chi connectivity index (χ1v) is 7.50. The maximum Gasteiger partial charge on any atom is 0.178 e. The molecule has 0 spiro atoms. The number of aromatic amines is 1. The standard InChI is InChI=1S/C13H14BrFN2OS/c14-9-5-12-11(6-10(9)15)16-13(19)17(12)3-4-18-7-8-1-2-8/h5-6,8H,1-4,7H2,(H,16,19). The molecule has 1 heterocycles. The molecule has 1 fully saturated rings. The summed E-state index contributed by atoms with van der Waals surface area (Å²) in [6.07, 6.45) is 2.58. The van der Waals surface area contributed by atoms with Gasteiger partial charge in [-0.15, -0.1) is 0 Å². The van der Waals surface area contributed by atoms with Crippen LogP contribution in [0.2, 0.25) is 0 Å². The van der Waals surface area contributed by atoms with E-state index in [1.54, 1.807) is 6.07 Å². The lowest BCUT2D eigenvalue weighted by Gasteiger charge is -2.06. The van der Waals surface area contributed by atoms with Crippen LogP contribution in [0.3, 0.4) is 0 Å². The van der Waals surface area contributed by atoms with Crippen LogP contribution < -0.4 is 0 Å². The van der Waals surface area contributed by atoms with Gasteiger partial charge in [0.05, 0.1) is 22.1 Å². The molecule has 1 aliphatic rings. The minimum absolute atomic E-state index is 0.291. The van der Waals surface area contributed by atoms with Crippen molar-refractivity contribution in [3.63, 3.8) is 0 Å². The third-order valence-electron chi connectivity index (χ3n) is 3.33. The Kier molecular flexibility index (Phi) is 3.73. The molecule has 102 valence electrons. The normalized spacial score (nSPS) is 15.3. The third-order valence-corrected chi connectivity index (χ3v) is 4.26. The van der Waals surface area contributed by atoms with Gasteiger partial charge in [0.2, 0.25) is 0 Å². The number of H-pyrrole nitrogens is 1. The van der Waals surface area contributed by atoms with Crippen LogP contribution in [0.15, 0.2) is 16.6 Å². The number of halogens is 2. The summed E-state index contributed by atoms with van der Waals surface area (Å²) in [5, 5.41) is 0. The van der Waals surface area contributed by atoms with Gasteiger partial charge in [-0.2, -0.15) is 0 Å². The highest BCUT2D eigenvalue weighted by Gasteiger charge is 2.21. The molecule has 1 aromatic heterocycles. The summed E-state index contributed by atoms with van der Waals surface area (Å²) in [5.74, 6) is 0.472. The molecule has 3 nitrogen and oxygen atoms in total. The Morgan fingerprint density at radius 2 is 2.26 bits per heavy atom. The van der Waals surface area contributed by atoms with Crippen LogP contribution in [0, 0.1) is 16.5 Å². The van der Waals surface area contributed by atoms with Crippen molar-refractivity contribution in [2.24, 2.45) is 5.92 Å². The lowest BCUT2D eigenvalue weighted by Crippen LogP contribution is -2.07. The number of imidazole rings is 1. The molecule has 1 N–H and O–H groups in total. The van der Waals surface area contributed by atoms with E-state index < -0.39 is 0 Å². The second-order valence-electron chi connectivity index (χ2n) is 4.88. The highest BCUT2D eigenvalue weighted by Crippen LogP contribution is 2.28. The average Bonchev–Trinajstić information content (AvgIpc) is 3.13. The molecule has 1 aromatic carbocycles. The van der Waals surface area contributed by atoms with Crippen molar-refractivity contribution in [1.82, 2.24) is 9.55 Å². The smallest absolute Gasteiger partial charge is 0.178 e. The molecule has 0 aliphatic heterocycles. The molecule has 1 saturated carbocycles. The summed E-state index contributed by atoms with van der Waals surface area (Å²) in [4.78, 5) is 3.02. The van der Waals surface area contributed by atoms with Crippen LogP contribution >= 0.6 is 28.1 Å². The van der Waals surface area contributed by atoms with Gasteiger partial charge in [-0.05, 0) is 53.0 Å². The van der Waals surface area contributed by atoms with Gasteiger partial charge >= 0.3 is 0 Å². The number of hydrogen-bond donors (Lipinski definition) is 1. The number of hydrogen-bond acceptors (Lipinski definition) is 2. The van der Waals surface area contributed by atoms with Gasteiger partial charge < -0.3 is 14.3 Å². The summed E-state index contributed by atoms with van der Waals surface area (Å²) >= 11 is 8.47. The number of nitrogens with zero attached hydrogens (tertiary/aromatic N) is 1. The van der Waals surface area contributed by atoms with E-state index in [1.165, 1.54) is 18.9 Å². The predicted molar refractivity (Wildman–Crippen MR) is 78.3 cm³/mol. The molecular formula is C13H14BrFN2OS. The number of fused-ring (bicyclic) bond motifs is 1. The van der Waals surface area contributed by atoms with E-state index in [0.717, 1.165) is 18.0 Å². The number of rotatable bonds is 5. The predicted octanol–water partition coefficient (Wildman–Crippen LogP) is 4.03. The quantitative estimate of drug-likeness (QED) is 0.655. The Bertz CT molecular complexity index is 662. The van der Waals surface area contributed by atoms with Crippen LogP contribution in [0.5, 0.6) is 0 Å². The fraction of sp³-hybridized carbons (Fsp3) is 0.462. The molecule has 2 aromatic rings. The van der Waals surface area contributed by atoms with Crippen molar-refractivity contribution in [2.75, 3.05) is 13.2 Å². The van der Waals surface area contributed by atoms with Gasteiger partial charge in [0.25, 0.3) is 0 Å². The number of aromatic nitrogens is 2. The summed E-state index contributed by atoms with van der Waals surface area (Å²) in [7, 11) is 0. The zero-order chi connectivity index (χ0) is 13.4. The van der Waals surface area contributed by atoms with E-state index in [0.29, 0.717) is 27.9 Å². The fourth-order valence-corrected chi connectivity index (χ4v) is 2.70. The Balaban J connectivity index is 1.78. The fourth-order valence-electron chi connectivity index (χ4n) is 2.06. The first kappa shape index (κ1) is 13.3. The highest BCUT2D eigenvalue weighted by atomic mass is 79.9. The molecular weight excluding hydrogens is 331 g/mol. The van der Waals surface area contributed by atoms with Crippen molar-refractivity contribution < 1.29 is 9.13 Å². The summed E-state index contributed by atoms with van der Waals surface area (Å²) < 4.78 is 22.1. The Morgan fingerprint density at radius 1 is 1.47 bits per heavy atom.